The van der Waals surface area contributed by atoms with E-state index in [0.29, 0.717) is 18.1 Å². The van der Waals surface area contributed by atoms with Crippen molar-refractivity contribution in [3.63, 3.8) is 0 Å². The van der Waals surface area contributed by atoms with Gasteiger partial charge in [-0.2, -0.15) is 0 Å². The highest BCUT2D eigenvalue weighted by molar-refractivity contribution is 5.54. The first-order chi connectivity index (χ1) is 9.58. The second-order valence-electron chi connectivity index (χ2n) is 4.00. The van der Waals surface area contributed by atoms with Gasteiger partial charge in [0, 0.05) is 6.20 Å². The Hall–Kier alpha value is -2.81. The van der Waals surface area contributed by atoms with Gasteiger partial charge in [0.15, 0.2) is 0 Å². The molecular formula is C11H13N7O2. The SMILES string of the molecule is Cc1cnc(CNc2cc([N+](=O)[O-])cc(NN)n2)cn1. The molecule has 0 atom stereocenters. The first-order valence-corrected chi connectivity index (χ1v) is 5.73. The average molecular weight is 275 g/mol. The number of nitrogens with two attached hydrogens (primary N) is 1. The molecule has 0 aliphatic carbocycles. The van der Waals surface area contributed by atoms with Crippen molar-refractivity contribution in [1.29, 1.82) is 0 Å². The van der Waals surface area contributed by atoms with E-state index in [1.54, 1.807) is 12.4 Å². The van der Waals surface area contributed by atoms with Crippen molar-refractivity contribution in [1.82, 2.24) is 15.0 Å². The van der Waals surface area contributed by atoms with Crippen molar-refractivity contribution in [2.75, 3.05) is 10.7 Å². The molecule has 4 N–H and O–H groups in total. The van der Waals surface area contributed by atoms with Crippen molar-refractivity contribution in [2.24, 2.45) is 5.84 Å². The molecule has 0 bridgehead atoms. The average Bonchev–Trinajstić information content (AvgIpc) is 2.46. The lowest BCUT2D eigenvalue weighted by molar-refractivity contribution is -0.384. The van der Waals surface area contributed by atoms with Gasteiger partial charge < -0.3 is 10.7 Å². The Balaban J connectivity index is 2.14. The fourth-order valence-electron chi connectivity index (χ4n) is 1.48. The van der Waals surface area contributed by atoms with Crippen LogP contribution in [0.4, 0.5) is 17.3 Å². The quantitative estimate of drug-likeness (QED) is 0.418. The van der Waals surface area contributed by atoms with Gasteiger partial charge >= 0.3 is 0 Å². The standard InChI is InChI=1S/C11H13N7O2/c1-7-4-14-8(5-13-7)6-15-10-2-9(18(19)20)3-11(16-10)17-12/h2-5H,6,12H2,1H3,(H2,15,16,17). The fraction of sp³-hybridized carbons (Fsp3) is 0.182. The van der Waals surface area contributed by atoms with Gasteiger partial charge in [0.2, 0.25) is 0 Å². The van der Waals surface area contributed by atoms with Gasteiger partial charge in [0.25, 0.3) is 5.69 Å². The number of nitrogen functional groups attached to an aromatic ring is 1. The lowest BCUT2D eigenvalue weighted by atomic mass is 10.3. The Labute approximate surface area is 114 Å². The van der Waals surface area contributed by atoms with Crippen LogP contribution in [0.5, 0.6) is 0 Å². The maximum absolute atomic E-state index is 10.8. The van der Waals surface area contributed by atoms with E-state index in [1.807, 2.05) is 6.92 Å². The lowest BCUT2D eigenvalue weighted by Crippen LogP contribution is -2.11. The summed E-state index contributed by atoms with van der Waals surface area (Å²) in [5, 5.41) is 13.7. The molecule has 2 rings (SSSR count). The van der Waals surface area contributed by atoms with Crippen LogP contribution in [0.1, 0.15) is 11.4 Å². The summed E-state index contributed by atoms with van der Waals surface area (Å²) in [6.07, 6.45) is 3.27. The third kappa shape index (κ3) is 3.36. The van der Waals surface area contributed by atoms with Gasteiger partial charge in [-0.1, -0.05) is 0 Å². The van der Waals surface area contributed by atoms with Crippen molar-refractivity contribution in [3.05, 3.63) is 46.0 Å². The normalized spacial score (nSPS) is 10.1. The number of hydrogen-bond donors (Lipinski definition) is 3. The number of rotatable bonds is 5. The molecule has 0 spiro atoms. The second kappa shape index (κ2) is 5.89. The number of hydrogen-bond acceptors (Lipinski definition) is 8. The van der Waals surface area contributed by atoms with Crippen LogP contribution in [0.15, 0.2) is 24.5 Å². The molecular weight excluding hydrogens is 262 g/mol. The maximum atomic E-state index is 10.8. The molecule has 104 valence electrons. The number of hydrazine groups is 1. The van der Waals surface area contributed by atoms with Crippen LogP contribution in [0.3, 0.4) is 0 Å². The van der Waals surface area contributed by atoms with Gasteiger partial charge in [0.1, 0.15) is 11.6 Å². The van der Waals surface area contributed by atoms with Crippen LogP contribution in [0, 0.1) is 17.0 Å². The minimum absolute atomic E-state index is 0.106. The van der Waals surface area contributed by atoms with E-state index in [9.17, 15) is 10.1 Å². The van der Waals surface area contributed by atoms with E-state index >= 15 is 0 Å². The number of anilines is 2. The molecule has 0 saturated heterocycles. The minimum Gasteiger partial charge on any atom is -0.364 e. The van der Waals surface area contributed by atoms with E-state index in [4.69, 9.17) is 5.84 Å². The van der Waals surface area contributed by atoms with Gasteiger partial charge in [0.05, 0.1) is 41.2 Å². The molecule has 0 amide bonds. The Morgan fingerprint density at radius 3 is 2.65 bits per heavy atom. The predicted octanol–water partition coefficient (Wildman–Crippen LogP) is 0.986. The fourth-order valence-corrected chi connectivity index (χ4v) is 1.48. The predicted molar refractivity (Wildman–Crippen MR) is 72.8 cm³/mol. The van der Waals surface area contributed by atoms with Gasteiger partial charge in [-0.15, -0.1) is 0 Å². The molecule has 2 heterocycles. The van der Waals surface area contributed by atoms with Gasteiger partial charge in [-0.05, 0) is 6.92 Å². The van der Waals surface area contributed by atoms with Gasteiger partial charge in [-0.3, -0.25) is 20.1 Å². The third-order valence-corrected chi connectivity index (χ3v) is 2.45. The number of aryl methyl sites for hydroxylation is 1. The summed E-state index contributed by atoms with van der Waals surface area (Å²) >= 11 is 0. The molecule has 0 aromatic carbocycles. The Bertz CT molecular complexity index is 615. The van der Waals surface area contributed by atoms with E-state index < -0.39 is 4.92 Å². The first-order valence-electron chi connectivity index (χ1n) is 5.73. The molecule has 9 heteroatoms. The van der Waals surface area contributed by atoms with Crippen molar-refractivity contribution < 1.29 is 4.92 Å². The third-order valence-electron chi connectivity index (χ3n) is 2.45. The van der Waals surface area contributed by atoms with Crippen LogP contribution in [0.25, 0.3) is 0 Å². The zero-order chi connectivity index (χ0) is 14.5. The largest absolute Gasteiger partial charge is 0.364 e. The number of nitrogens with zero attached hydrogens (tertiary/aromatic N) is 4. The molecule has 0 unspecified atom stereocenters. The smallest absolute Gasteiger partial charge is 0.276 e. The highest BCUT2D eigenvalue weighted by atomic mass is 16.6. The lowest BCUT2D eigenvalue weighted by Gasteiger charge is -2.07. The number of nitrogens with one attached hydrogen (secondary N) is 2. The van der Waals surface area contributed by atoms with Crippen LogP contribution in [-0.2, 0) is 6.54 Å². The molecule has 20 heavy (non-hydrogen) atoms. The molecule has 0 radical (unpaired) electrons. The molecule has 0 saturated carbocycles. The topological polar surface area (TPSA) is 132 Å². The van der Waals surface area contributed by atoms with E-state index in [-0.39, 0.29) is 11.5 Å². The summed E-state index contributed by atoms with van der Waals surface area (Å²) in [5.41, 5.74) is 3.70. The number of pyridine rings is 1. The molecule has 0 aliphatic rings. The zero-order valence-electron chi connectivity index (χ0n) is 10.7. The van der Waals surface area contributed by atoms with E-state index in [1.165, 1.54) is 12.1 Å². The van der Waals surface area contributed by atoms with E-state index in [2.05, 4.69) is 25.7 Å². The highest BCUT2D eigenvalue weighted by Gasteiger charge is 2.10. The van der Waals surface area contributed by atoms with Crippen molar-refractivity contribution in [3.8, 4) is 0 Å². The Kier molecular flexibility index (Phi) is 4.01. The summed E-state index contributed by atoms with van der Waals surface area (Å²) < 4.78 is 0. The number of aromatic nitrogens is 3. The molecule has 0 fully saturated rings. The Morgan fingerprint density at radius 1 is 1.30 bits per heavy atom. The molecule has 0 aliphatic heterocycles. The summed E-state index contributed by atoms with van der Waals surface area (Å²) in [6.45, 7) is 2.19. The minimum atomic E-state index is -0.515. The van der Waals surface area contributed by atoms with Crippen LogP contribution in [-0.4, -0.2) is 19.9 Å². The van der Waals surface area contributed by atoms with Crippen LogP contribution < -0.4 is 16.6 Å². The van der Waals surface area contributed by atoms with Crippen LogP contribution >= 0.6 is 0 Å². The van der Waals surface area contributed by atoms with Crippen LogP contribution in [0.2, 0.25) is 0 Å². The number of nitro groups is 1. The summed E-state index contributed by atoms with van der Waals surface area (Å²) in [6, 6.07) is 2.57. The monoisotopic (exact) mass is 275 g/mol. The van der Waals surface area contributed by atoms with Gasteiger partial charge in [-0.25, -0.2) is 10.8 Å². The Morgan fingerprint density at radius 2 is 2.05 bits per heavy atom. The maximum Gasteiger partial charge on any atom is 0.276 e. The molecule has 9 nitrogen and oxygen atoms in total. The molecule has 2 aromatic heterocycles. The summed E-state index contributed by atoms with van der Waals surface area (Å²) in [7, 11) is 0. The van der Waals surface area contributed by atoms with Crippen molar-refractivity contribution >= 4 is 17.3 Å². The molecule has 2 aromatic rings. The highest BCUT2D eigenvalue weighted by Crippen LogP contribution is 2.20. The second-order valence-corrected chi connectivity index (χ2v) is 4.00. The zero-order valence-corrected chi connectivity index (χ0v) is 10.7. The van der Waals surface area contributed by atoms with Crippen molar-refractivity contribution in [2.45, 2.75) is 13.5 Å². The summed E-state index contributed by atoms with van der Waals surface area (Å²) in [5.74, 6) is 5.76. The summed E-state index contributed by atoms with van der Waals surface area (Å²) in [4.78, 5) is 22.6. The van der Waals surface area contributed by atoms with E-state index in [0.717, 1.165) is 5.69 Å². The first kappa shape index (κ1) is 13.6.